The summed E-state index contributed by atoms with van der Waals surface area (Å²) in [5.74, 6) is 0.516. The molecule has 2 aromatic rings. The number of aliphatic hydroxyl groups is 1. The van der Waals surface area contributed by atoms with Crippen molar-refractivity contribution in [2.45, 2.75) is 38.1 Å². The van der Waals surface area contributed by atoms with Gasteiger partial charge in [0, 0.05) is 23.9 Å². The van der Waals surface area contributed by atoms with Gasteiger partial charge in [-0.2, -0.15) is 0 Å². The third-order valence-electron chi connectivity index (χ3n) is 4.48. The number of carbonyl (C=O) groups excluding carboxylic acids is 1. The van der Waals surface area contributed by atoms with E-state index in [1.54, 1.807) is 32.0 Å². The highest BCUT2D eigenvalue weighted by Gasteiger charge is 2.45. The van der Waals surface area contributed by atoms with Gasteiger partial charge in [-0.15, -0.1) is 0 Å². The number of nitrogens with two attached hydrogens (primary N) is 1. The Morgan fingerprint density at radius 2 is 2.00 bits per heavy atom. The van der Waals surface area contributed by atoms with E-state index in [0.29, 0.717) is 30.0 Å². The third kappa shape index (κ3) is 3.91. The van der Waals surface area contributed by atoms with Crippen LogP contribution < -0.4 is 15.8 Å². The van der Waals surface area contributed by atoms with Gasteiger partial charge in [0.1, 0.15) is 17.5 Å². The number of amides is 1. The van der Waals surface area contributed by atoms with Crippen molar-refractivity contribution in [1.82, 2.24) is 5.32 Å². The molecule has 0 fully saturated rings. The molecule has 138 valence electrons. The van der Waals surface area contributed by atoms with Gasteiger partial charge >= 0.3 is 6.09 Å². The highest BCUT2D eigenvalue weighted by atomic mass is 16.6. The summed E-state index contributed by atoms with van der Waals surface area (Å²) in [5.41, 5.74) is 7.17. The van der Waals surface area contributed by atoms with Crippen LogP contribution in [0.25, 0.3) is 0 Å². The van der Waals surface area contributed by atoms with E-state index in [0.717, 1.165) is 5.56 Å². The van der Waals surface area contributed by atoms with E-state index in [1.807, 2.05) is 30.3 Å². The van der Waals surface area contributed by atoms with Crippen LogP contribution >= 0.6 is 0 Å². The highest BCUT2D eigenvalue weighted by molar-refractivity contribution is 5.68. The van der Waals surface area contributed by atoms with Crippen molar-refractivity contribution < 1.29 is 19.4 Å². The molecule has 1 amide bonds. The number of anilines is 1. The van der Waals surface area contributed by atoms with E-state index in [2.05, 4.69) is 5.32 Å². The van der Waals surface area contributed by atoms with Crippen LogP contribution in [0.1, 0.15) is 31.1 Å². The Morgan fingerprint density at radius 1 is 1.27 bits per heavy atom. The summed E-state index contributed by atoms with van der Waals surface area (Å²) < 4.78 is 11.3. The molecule has 6 nitrogen and oxygen atoms in total. The largest absolute Gasteiger partial charge is 0.484 e. The SMILES string of the molecule is CC1(C)Oc2cc(N)ccc2[C@H](OC(=O)NCCc2ccccc2)[C@H]1O. The topological polar surface area (TPSA) is 93.8 Å². The Bertz CT molecular complexity index is 777. The Morgan fingerprint density at radius 3 is 2.73 bits per heavy atom. The fourth-order valence-electron chi connectivity index (χ4n) is 2.99. The fourth-order valence-corrected chi connectivity index (χ4v) is 2.99. The van der Waals surface area contributed by atoms with Crippen LogP contribution in [0.5, 0.6) is 5.75 Å². The van der Waals surface area contributed by atoms with Crippen molar-refractivity contribution in [3.05, 3.63) is 59.7 Å². The molecule has 0 radical (unpaired) electrons. The maximum atomic E-state index is 12.2. The molecule has 2 atom stereocenters. The summed E-state index contributed by atoms with van der Waals surface area (Å²) in [4.78, 5) is 12.2. The molecule has 0 bridgehead atoms. The van der Waals surface area contributed by atoms with Gasteiger partial charge in [-0.25, -0.2) is 4.79 Å². The number of ether oxygens (including phenoxy) is 2. The molecule has 1 aliphatic heterocycles. The molecule has 1 aliphatic rings. The van der Waals surface area contributed by atoms with Crippen LogP contribution in [0.2, 0.25) is 0 Å². The van der Waals surface area contributed by atoms with Crippen LogP contribution in [-0.4, -0.2) is 29.4 Å². The van der Waals surface area contributed by atoms with Gasteiger partial charge in [-0.1, -0.05) is 30.3 Å². The van der Waals surface area contributed by atoms with Crippen LogP contribution in [0.3, 0.4) is 0 Å². The zero-order valence-corrected chi connectivity index (χ0v) is 14.9. The number of hydrogen-bond acceptors (Lipinski definition) is 5. The number of nitrogen functional groups attached to an aromatic ring is 1. The van der Waals surface area contributed by atoms with E-state index in [9.17, 15) is 9.90 Å². The first kappa shape index (κ1) is 18.1. The first-order valence-corrected chi connectivity index (χ1v) is 8.62. The van der Waals surface area contributed by atoms with Crippen molar-refractivity contribution in [3.63, 3.8) is 0 Å². The number of rotatable bonds is 4. The Balaban J connectivity index is 1.66. The van der Waals surface area contributed by atoms with Crippen molar-refractivity contribution in [3.8, 4) is 5.75 Å². The number of carbonyl (C=O) groups is 1. The Hall–Kier alpha value is -2.73. The average Bonchev–Trinajstić information content (AvgIpc) is 2.59. The second kappa shape index (κ2) is 7.25. The van der Waals surface area contributed by atoms with Crippen LogP contribution in [0.4, 0.5) is 10.5 Å². The molecular formula is C20H24N2O4. The lowest BCUT2D eigenvalue weighted by molar-refractivity contribution is -0.113. The molecule has 1 heterocycles. The van der Waals surface area contributed by atoms with Gasteiger partial charge in [0.15, 0.2) is 6.10 Å². The number of aliphatic hydroxyl groups excluding tert-OH is 1. The van der Waals surface area contributed by atoms with Crippen molar-refractivity contribution in [2.75, 3.05) is 12.3 Å². The predicted molar refractivity (Wildman–Crippen MR) is 98.9 cm³/mol. The van der Waals surface area contributed by atoms with Crippen molar-refractivity contribution in [1.29, 1.82) is 0 Å². The standard InChI is InChI=1S/C20H24N2O4/c1-20(2)18(23)17(15-9-8-14(21)12-16(15)26-20)25-19(24)22-11-10-13-6-4-3-5-7-13/h3-9,12,17-18,23H,10-11,21H2,1-2H3,(H,22,24)/t17-,18+/m0/s1. The second-order valence-electron chi connectivity index (χ2n) is 6.94. The highest BCUT2D eigenvalue weighted by Crippen LogP contribution is 2.42. The quantitative estimate of drug-likeness (QED) is 0.733. The summed E-state index contributed by atoms with van der Waals surface area (Å²) in [5, 5.41) is 13.3. The number of benzene rings is 2. The zero-order chi connectivity index (χ0) is 18.7. The maximum absolute atomic E-state index is 12.2. The molecule has 0 aliphatic carbocycles. The molecule has 3 rings (SSSR count). The molecule has 2 aromatic carbocycles. The molecule has 0 aromatic heterocycles. The van der Waals surface area contributed by atoms with Gasteiger partial charge < -0.3 is 25.6 Å². The van der Waals surface area contributed by atoms with Crippen LogP contribution in [-0.2, 0) is 11.2 Å². The van der Waals surface area contributed by atoms with Gasteiger partial charge in [-0.3, -0.25) is 0 Å². The molecule has 0 saturated heterocycles. The molecular weight excluding hydrogens is 332 g/mol. The number of nitrogens with one attached hydrogen (secondary N) is 1. The van der Waals surface area contributed by atoms with E-state index < -0.39 is 23.9 Å². The lowest BCUT2D eigenvalue weighted by Crippen LogP contribution is -2.50. The van der Waals surface area contributed by atoms with Crippen LogP contribution in [0, 0.1) is 0 Å². The third-order valence-corrected chi connectivity index (χ3v) is 4.48. The lowest BCUT2D eigenvalue weighted by Gasteiger charge is -2.41. The summed E-state index contributed by atoms with van der Waals surface area (Å²) in [7, 11) is 0. The molecule has 0 saturated carbocycles. The minimum atomic E-state index is -1.00. The van der Waals surface area contributed by atoms with Gasteiger partial charge in [0.2, 0.25) is 0 Å². The van der Waals surface area contributed by atoms with E-state index >= 15 is 0 Å². The lowest BCUT2D eigenvalue weighted by atomic mass is 9.88. The van der Waals surface area contributed by atoms with Gasteiger partial charge in [0.05, 0.1) is 0 Å². The normalized spacial score (nSPS) is 20.6. The molecule has 6 heteroatoms. The van der Waals surface area contributed by atoms with Crippen molar-refractivity contribution >= 4 is 11.8 Å². The summed E-state index contributed by atoms with van der Waals surface area (Å²) in [6.07, 6.45) is -1.71. The fraction of sp³-hybridized carbons (Fsp3) is 0.350. The van der Waals surface area contributed by atoms with E-state index in [-0.39, 0.29) is 0 Å². The van der Waals surface area contributed by atoms with E-state index in [4.69, 9.17) is 15.2 Å². The summed E-state index contributed by atoms with van der Waals surface area (Å²) in [6, 6.07) is 14.9. The molecule has 0 unspecified atom stereocenters. The van der Waals surface area contributed by atoms with Gasteiger partial charge in [0.25, 0.3) is 0 Å². The molecule has 4 N–H and O–H groups in total. The zero-order valence-electron chi connectivity index (χ0n) is 14.9. The van der Waals surface area contributed by atoms with Gasteiger partial charge in [-0.05, 0) is 38.0 Å². The Labute approximate surface area is 152 Å². The first-order valence-electron chi connectivity index (χ1n) is 8.62. The van der Waals surface area contributed by atoms with Crippen molar-refractivity contribution in [2.24, 2.45) is 0 Å². The van der Waals surface area contributed by atoms with Crippen LogP contribution in [0.15, 0.2) is 48.5 Å². The molecule has 0 spiro atoms. The smallest absolute Gasteiger partial charge is 0.407 e. The first-order chi connectivity index (χ1) is 12.4. The maximum Gasteiger partial charge on any atom is 0.407 e. The second-order valence-corrected chi connectivity index (χ2v) is 6.94. The minimum Gasteiger partial charge on any atom is -0.484 e. The average molecular weight is 356 g/mol. The number of alkyl carbamates (subject to hydrolysis) is 1. The monoisotopic (exact) mass is 356 g/mol. The number of fused-ring (bicyclic) bond motifs is 1. The number of hydrogen-bond donors (Lipinski definition) is 3. The minimum absolute atomic E-state index is 0.445. The summed E-state index contributed by atoms with van der Waals surface area (Å²) >= 11 is 0. The van der Waals surface area contributed by atoms with E-state index in [1.165, 1.54) is 0 Å². The molecule has 26 heavy (non-hydrogen) atoms. The predicted octanol–water partition coefficient (Wildman–Crippen LogP) is 2.81. The summed E-state index contributed by atoms with van der Waals surface area (Å²) in [6.45, 7) is 3.93. The Kier molecular flexibility index (Phi) is 5.04.